The Kier molecular flexibility index (Phi) is 4.81. The molecule has 0 radical (unpaired) electrons. The van der Waals surface area contributed by atoms with Crippen molar-refractivity contribution < 1.29 is 13.7 Å². The molecule has 0 bridgehead atoms. The molecule has 0 aromatic heterocycles. The predicted octanol–water partition coefficient (Wildman–Crippen LogP) is -0.0174. The zero-order valence-corrected chi connectivity index (χ0v) is 14.6. The van der Waals surface area contributed by atoms with Crippen molar-refractivity contribution in [3.63, 3.8) is 0 Å². The zero-order chi connectivity index (χ0) is 18.8. The third-order valence-electron chi connectivity index (χ3n) is 4.29. The summed E-state index contributed by atoms with van der Waals surface area (Å²) in [7, 11) is -1.96. The van der Waals surface area contributed by atoms with Gasteiger partial charge in [0.1, 0.15) is 0 Å². The van der Waals surface area contributed by atoms with Crippen LogP contribution in [0, 0.1) is 0 Å². The minimum absolute atomic E-state index is 0.632. The van der Waals surface area contributed by atoms with Gasteiger partial charge in [-0.15, -0.1) is 0 Å². The van der Waals surface area contributed by atoms with Crippen molar-refractivity contribution in [2.75, 3.05) is 17.2 Å². The summed E-state index contributed by atoms with van der Waals surface area (Å²) in [6.07, 6.45) is 0. The van der Waals surface area contributed by atoms with Crippen LogP contribution in [0.4, 0.5) is 17.1 Å². The standard InChI is InChI=1S/C18H18B3N3O3/c22-16-7-1-4-13(10-16)19-25-20(14-5-2-8-17(23)11-14)27-21(26-19)15-6-3-9-18(24)12-15/h1-12H,22-24H2. The van der Waals surface area contributed by atoms with Crippen molar-refractivity contribution in [3.05, 3.63) is 72.8 Å². The van der Waals surface area contributed by atoms with E-state index in [1.54, 1.807) is 0 Å². The summed E-state index contributed by atoms with van der Waals surface area (Å²) < 4.78 is 18.2. The number of hydrogen-bond donors (Lipinski definition) is 3. The highest BCUT2D eigenvalue weighted by molar-refractivity contribution is 6.87. The van der Waals surface area contributed by atoms with E-state index in [0.29, 0.717) is 17.1 Å². The van der Waals surface area contributed by atoms with Crippen LogP contribution in [-0.4, -0.2) is 21.4 Å². The molecule has 1 aliphatic rings. The fourth-order valence-electron chi connectivity index (χ4n) is 3.02. The number of nitrogens with two attached hydrogens (primary N) is 3. The minimum atomic E-state index is -0.653. The molecular formula is C18H18B3N3O3. The van der Waals surface area contributed by atoms with E-state index in [2.05, 4.69) is 0 Å². The third kappa shape index (κ3) is 3.95. The van der Waals surface area contributed by atoms with Gasteiger partial charge in [0.25, 0.3) is 0 Å². The lowest BCUT2D eigenvalue weighted by Crippen LogP contribution is -2.61. The Morgan fingerprint density at radius 1 is 0.481 bits per heavy atom. The lowest BCUT2D eigenvalue weighted by atomic mass is 9.61. The van der Waals surface area contributed by atoms with Crippen LogP contribution in [0.3, 0.4) is 0 Å². The fraction of sp³-hybridized carbons (Fsp3) is 0. The highest BCUT2D eigenvalue weighted by atomic mass is 16.7. The molecule has 6 nitrogen and oxygen atoms in total. The van der Waals surface area contributed by atoms with Crippen molar-refractivity contribution >= 4 is 54.8 Å². The van der Waals surface area contributed by atoms with Crippen molar-refractivity contribution in [1.29, 1.82) is 0 Å². The predicted molar refractivity (Wildman–Crippen MR) is 112 cm³/mol. The average molecular weight is 357 g/mol. The molecule has 0 aliphatic carbocycles. The summed E-state index contributed by atoms with van der Waals surface area (Å²) in [5.41, 5.74) is 22.1. The lowest BCUT2D eigenvalue weighted by molar-refractivity contribution is 0.308. The first kappa shape index (κ1) is 17.5. The second-order valence-electron chi connectivity index (χ2n) is 6.41. The van der Waals surface area contributed by atoms with E-state index in [-0.39, 0.29) is 0 Å². The topological polar surface area (TPSA) is 106 Å². The van der Waals surface area contributed by atoms with E-state index in [1.807, 2.05) is 72.8 Å². The van der Waals surface area contributed by atoms with Gasteiger partial charge in [0.2, 0.25) is 0 Å². The van der Waals surface area contributed by atoms with Crippen molar-refractivity contribution in [3.8, 4) is 0 Å². The first-order chi connectivity index (χ1) is 13.1. The number of benzene rings is 3. The summed E-state index contributed by atoms with van der Waals surface area (Å²) in [4.78, 5) is 0. The molecule has 0 unspecified atom stereocenters. The maximum atomic E-state index is 6.06. The SMILES string of the molecule is Nc1cccc(B2OB(c3cccc(N)c3)OB(c3cccc(N)c3)O2)c1. The van der Waals surface area contributed by atoms with Crippen LogP contribution < -0.4 is 33.6 Å². The smallest absolute Gasteiger partial charge is 0.445 e. The Labute approximate surface area is 159 Å². The second-order valence-corrected chi connectivity index (χ2v) is 6.41. The monoisotopic (exact) mass is 357 g/mol. The molecule has 132 valence electrons. The molecule has 3 aromatic rings. The van der Waals surface area contributed by atoms with Gasteiger partial charge in [0.05, 0.1) is 0 Å². The molecule has 1 heterocycles. The van der Waals surface area contributed by atoms with Crippen LogP contribution in [0.1, 0.15) is 0 Å². The van der Waals surface area contributed by atoms with Gasteiger partial charge >= 0.3 is 21.4 Å². The van der Waals surface area contributed by atoms with Gasteiger partial charge in [-0.2, -0.15) is 0 Å². The maximum absolute atomic E-state index is 6.06. The molecule has 4 rings (SSSR count). The summed E-state index contributed by atoms with van der Waals surface area (Å²) in [6.45, 7) is 0. The molecule has 1 fully saturated rings. The normalized spacial score (nSPS) is 14.4. The number of rotatable bonds is 3. The molecule has 1 aliphatic heterocycles. The van der Waals surface area contributed by atoms with Crippen LogP contribution in [0.25, 0.3) is 0 Å². The molecule has 1 saturated heterocycles. The Morgan fingerprint density at radius 3 is 1.04 bits per heavy atom. The highest BCUT2D eigenvalue weighted by Gasteiger charge is 2.43. The van der Waals surface area contributed by atoms with Crippen molar-refractivity contribution in [2.45, 2.75) is 0 Å². The van der Waals surface area contributed by atoms with E-state index >= 15 is 0 Å². The van der Waals surface area contributed by atoms with Gasteiger partial charge < -0.3 is 30.9 Å². The Balaban J connectivity index is 1.70. The zero-order valence-electron chi connectivity index (χ0n) is 14.6. The van der Waals surface area contributed by atoms with Crippen LogP contribution in [0.5, 0.6) is 0 Å². The molecule has 6 N–H and O–H groups in total. The Morgan fingerprint density at radius 2 is 0.778 bits per heavy atom. The summed E-state index contributed by atoms with van der Waals surface area (Å²) in [6, 6.07) is 22.2. The first-order valence-corrected chi connectivity index (χ1v) is 8.61. The fourth-order valence-corrected chi connectivity index (χ4v) is 3.02. The molecule has 9 heteroatoms. The third-order valence-corrected chi connectivity index (χ3v) is 4.29. The highest BCUT2D eigenvalue weighted by Crippen LogP contribution is 2.13. The molecular weight excluding hydrogens is 339 g/mol. The lowest BCUT2D eigenvalue weighted by Gasteiger charge is -2.31. The summed E-state index contributed by atoms with van der Waals surface area (Å²) in [5, 5.41) is 0. The van der Waals surface area contributed by atoms with E-state index in [9.17, 15) is 0 Å². The van der Waals surface area contributed by atoms with Gasteiger partial charge in [-0.05, 0) is 52.8 Å². The number of anilines is 3. The largest absolute Gasteiger partial charge is 0.467 e. The Bertz CT molecular complexity index is 831. The molecule has 0 saturated carbocycles. The number of hydrogen-bond acceptors (Lipinski definition) is 6. The van der Waals surface area contributed by atoms with Gasteiger partial charge in [0.15, 0.2) is 0 Å². The average Bonchev–Trinajstić information content (AvgIpc) is 2.68. The van der Waals surface area contributed by atoms with Crippen LogP contribution in [0.2, 0.25) is 0 Å². The number of nitrogen functional groups attached to an aromatic ring is 3. The van der Waals surface area contributed by atoms with Gasteiger partial charge in [-0.3, -0.25) is 0 Å². The summed E-state index contributed by atoms with van der Waals surface area (Å²) in [5.74, 6) is 0. The van der Waals surface area contributed by atoms with Gasteiger partial charge in [0, 0.05) is 17.1 Å². The van der Waals surface area contributed by atoms with Crippen molar-refractivity contribution in [1.82, 2.24) is 0 Å². The van der Waals surface area contributed by atoms with Crippen LogP contribution >= 0.6 is 0 Å². The van der Waals surface area contributed by atoms with E-state index in [4.69, 9.17) is 30.9 Å². The maximum Gasteiger partial charge on any atom is 0.467 e. The second kappa shape index (κ2) is 7.40. The Hall–Kier alpha value is -2.87. The quantitative estimate of drug-likeness (QED) is 0.450. The minimum Gasteiger partial charge on any atom is -0.445 e. The van der Waals surface area contributed by atoms with E-state index in [1.165, 1.54) is 0 Å². The first-order valence-electron chi connectivity index (χ1n) is 8.61. The molecule has 3 aromatic carbocycles. The van der Waals surface area contributed by atoms with Crippen LogP contribution in [-0.2, 0) is 13.7 Å². The van der Waals surface area contributed by atoms with E-state index < -0.39 is 21.4 Å². The van der Waals surface area contributed by atoms with Gasteiger partial charge in [-0.1, -0.05) is 36.4 Å². The molecule has 0 amide bonds. The molecule has 0 spiro atoms. The van der Waals surface area contributed by atoms with Gasteiger partial charge in [-0.25, -0.2) is 0 Å². The van der Waals surface area contributed by atoms with Crippen molar-refractivity contribution in [2.24, 2.45) is 0 Å². The molecule has 0 atom stereocenters. The van der Waals surface area contributed by atoms with Crippen LogP contribution in [0.15, 0.2) is 72.8 Å². The summed E-state index contributed by atoms with van der Waals surface area (Å²) >= 11 is 0. The molecule has 27 heavy (non-hydrogen) atoms. The van der Waals surface area contributed by atoms with E-state index in [0.717, 1.165) is 16.4 Å².